The number of furan rings is 1. The van der Waals surface area contributed by atoms with E-state index in [1.807, 2.05) is 0 Å². The summed E-state index contributed by atoms with van der Waals surface area (Å²) in [6.07, 6.45) is -13.8. The van der Waals surface area contributed by atoms with Gasteiger partial charge < -0.3 is 64.2 Å². The van der Waals surface area contributed by atoms with Crippen molar-refractivity contribution in [2.24, 2.45) is 0 Å². The SMILES string of the molecule is C=C[C@]1(OC)[C@H](c2coc3c(N)ncnc23)O[C@](F)(COP(O)(=S)OP(=O)(O)OC2OC([C@@H](F)CO)C(O)C(O)C2O)[C@H]1O. The first-order valence-corrected chi connectivity index (χ1v) is 16.4. The Labute approximate surface area is 251 Å². The maximum atomic E-state index is 16.2. The Kier molecular flexibility index (Phi) is 10.3. The molecule has 44 heavy (non-hydrogen) atoms. The third kappa shape index (κ3) is 6.47. The van der Waals surface area contributed by atoms with Crippen molar-refractivity contribution in [3.63, 3.8) is 0 Å². The number of rotatable bonds is 12. The van der Waals surface area contributed by atoms with Crippen molar-refractivity contribution >= 4 is 43.3 Å². The third-order valence-corrected chi connectivity index (χ3v) is 10.4. The number of halogens is 2. The highest BCUT2D eigenvalue weighted by molar-refractivity contribution is 8.08. The number of ether oxygens (including phenoxy) is 3. The normalized spacial score (nSPS) is 37.8. The summed E-state index contributed by atoms with van der Waals surface area (Å²) in [5, 5.41) is 49.8. The van der Waals surface area contributed by atoms with Crippen LogP contribution in [0.15, 0.2) is 29.7 Å². The topological polar surface area (TPSA) is 279 Å². The first kappa shape index (κ1) is 35.2. The van der Waals surface area contributed by atoms with E-state index in [1.165, 1.54) is 0 Å². The van der Waals surface area contributed by atoms with Gasteiger partial charge >= 0.3 is 14.5 Å². The number of aliphatic hydroxyl groups is 5. The molecule has 9 N–H and O–H groups in total. The van der Waals surface area contributed by atoms with E-state index in [1.54, 1.807) is 0 Å². The van der Waals surface area contributed by atoms with Gasteiger partial charge in [-0.15, -0.1) is 6.58 Å². The second kappa shape index (κ2) is 12.9. The van der Waals surface area contributed by atoms with Crippen LogP contribution in [-0.4, -0.2) is 120 Å². The summed E-state index contributed by atoms with van der Waals surface area (Å²) < 4.78 is 77.6. The van der Waals surface area contributed by atoms with E-state index in [2.05, 4.69) is 37.2 Å². The fraction of sp³-hybridized carbons (Fsp3) is 0.619. The van der Waals surface area contributed by atoms with Gasteiger partial charge in [-0.2, -0.15) is 0 Å². The van der Waals surface area contributed by atoms with Crippen LogP contribution in [0.4, 0.5) is 14.6 Å². The van der Waals surface area contributed by atoms with Crippen LogP contribution >= 0.6 is 14.5 Å². The fourth-order valence-electron chi connectivity index (χ4n) is 4.68. The average Bonchev–Trinajstić information content (AvgIpc) is 3.49. The summed E-state index contributed by atoms with van der Waals surface area (Å²) in [5.41, 5.74) is 3.86. The minimum Gasteiger partial charge on any atom is -0.458 e. The molecule has 4 rings (SSSR count). The number of phosphoric ester groups is 1. The van der Waals surface area contributed by atoms with Crippen molar-refractivity contribution in [2.75, 3.05) is 26.1 Å². The van der Waals surface area contributed by atoms with Gasteiger partial charge in [-0.05, 0) is 11.8 Å². The molecule has 2 aliphatic rings. The molecule has 0 spiro atoms. The number of aromatic nitrogens is 2. The molecule has 0 aliphatic carbocycles. The monoisotopic (exact) mass is 695 g/mol. The fourth-order valence-corrected chi connectivity index (χ4v) is 7.76. The van der Waals surface area contributed by atoms with Crippen molar-refractivity contribution in [1.82, 2.24) is 9.97 Å². The zero-order valence-electron chi connectivity index (χ0n) is 22.4. The number of hydrogen-bond donors (Lipinski definition) is 8. The minimum atomic E-state index is -5.65. The number of anilines is 1. The quantitative estimate of drug-likeness (QED) is 0.0974. The molecular weight excluding hydrogens is 666 g/mol. The zero-order valence-corrected chi connectivity index (χ0v) is 25.0. The van der Waals surface area contributed by atoms with Crippen LogP contribution in [0.1, 0.15) is 11.7 Å². The Balaban J connectivity index is 1.50. The van der Waals surface area contributed by atoms with Crippen LogP contribution < -0.4 is 5.73 Å². The maximum absolute atomic E-state index is 16.2. The molecule has 2 saturated heterocycles. The predicted molar refractivity (Wildman–Crippen MR) is 143 cm³/mol. The third-order valence-electron chi connectivity index (χ3n) is 6.93. The van der Waals surface area contributed by atoms with Gasteiger partial charge in [-0.1, -0.05) is 6.08 Å². The molecule has 0 amide bonds. The van der Waals surface area contributed by atoms with E-state index < -0.39 is 88.3 Å². The molecular formula is C21H29F2N3O15P2S. The second-order valence-corrected chi connectivity index (χ2v) is 14.0. The number of hydrogen-bond acceptors (Lipinski definition) is 17. The summed E-state index contributed by atoms with van der Waals surface area (Å²) in [7, 11) is -4.54. The number of alkyl halides is 2. The Morgan fingerprint density at radius 3 is 2.55 bits per heavy atom. The first-order chi connectivity index (χ1) is 20.5. The van der Waals surface area contributed by atoms with Gasteiger partial charge in [-0.3, -0.25) is 4.52 Å². The zero-order chi connectivity index (χ0) is 32.8. The molecule has 2 fully saturated rings. The molecule has 0 radical (unpaired) electrons. The number of fused-ring (bicyclic) bond motifs is 1. The van der Waals surface area contributed by atoms with Gasteiger partial charge in [-0.25, -0.2) is 27.6 Å². The minimum absolute atomic E-state index is 0.0130. The average molecular weight is 695 g/mol. The largest absolute Gasteiger partial charge is 0.481 e. The van der Waals surface area contributed by atoms with Crippen LogP contribution in [0.5, 0.6) is 0 Å². The predicted octanol–water partition coefficient (Wildman–Crippen LogP) is -1.02. The Hall–Kier alpha value is -1.62. The van der Waals surface area contributed by atoms with Crippen molar-refractivity contribution in [2.45, 2.75) is 60.5 Å². The van der Waals surface area contributed by atoms with Crippen LogP contribution in [0.3, 0.4) is 0 Å². The Bertz CT molecular complexity index is 1460. The smallest absolute Gasteiger partial charge is 0.458 e. The molecule has 2 aromatic heterocycles. The summed E-state index contributed by atoms with van der Waals surface area (Å²) in [6.45, 7) is -4.07. The summed E-state index contributed by atoms with van der Waals surface area (Å²) in [6, 6.07) is 0. The van der Waals surface area contributed by atoms with Gasteiger partial charge in [0.2, 0.25) is 0 Å². The molecule has 0 aromatic carbocycles. The van der Waals surface area contributed by atoms with Gasteiger partial charge in [0, 0.05) is 12.7 Å². The summed E-state index contributed by atoms with van der Waals surface area (Å²) >= 11 is 4.66. The molecule has 0 bridgehead atoms. The summed E-state index contributed by atoms with van der Waals surface area (Å²) in [5.74, 6) is -3.33. The molecule has 248 valence electrons. The molecule has 12 atom stereocenters. The highest BCUT2D eigenvalue weighted by Crippen LogP contribution is 2.62. The molecule has 2 aliphatic heterocycles. The van der Waals surface area contributed by atoms with Gasteiger partial charge in [0.25, 0.3) is 5.85 Å². The van der Waals surface area contributed by atoms with Crippen LogP contribution in [0, 0.1) is 0 Å². The number of methoxy groups -OCH3 is 1. The second-order valence-electron chi connectivity index (χ2n) is 9.61. The molecule has 18 nitrogen and oxygen atoms in total. The molecule has 2 aromatic rings. The molecule has 7 unspecified atom stereocenters. The number of nitrogens with two attached hydrogens (primary N) is 1. The number of nitrogens with zero attached hydrogens (tertiary/aromatic N) is 2. The van der Waals surface area contributed by atoms with Crippen LogP contribution in [0.25, 0.3) is 11.1 Å². The number of phosphoric acid groups is 1. The Morgan fingerprint density at radius 1 is 1.25 bits per heavy atom. The van der Waals surface area contributed by atoms with Crippen molar-refractivity contribution in [3.05, 3.63) is 30.8 Å². The lowest BCUT2D eigenvalue weighted by molar-refractivity contribution is -0.287. The van der Waals surface area contributed by atoms with Gasteiger partial charge in [0.1, 0.15) is 54.6 Å². The van der Waals surface area contributed by atoms with Crippen LogP contribution in [-0.2, 0) is 43.9 Å². The molecule has 0 saturated carbocycles. The lowest BCUT2D eigenvalue weighted by Crippen LogP contribution is -2.60. The van der Waals surface area contributed by atoms with E-state index in [0.29, 0.717) is 0 Å². The standard InChI is InChI=1S/C21H29F2N3O15P2S/c1-3-20(35-2)16(8-5-36-15-10(8)25-7-26-17(15)24)39-21(23,19(20)31)6-37-43(34,44)41-42(32,33)40-18-13(30)11(28)12(29)14(38-18)9(22)4-27/h3,5,7,9,11-14,16,18-19,27-31H,1,4,6H2,2H3,(H,32,33)(H,34,44)(H2,24,25,26)/t9-,11?,12?,13?,14?,16-,18?,19-,20-,21+,43?/m0/s1. The highest BCUT2D eigenvalue weighted by atomic mass is 32.5. The number of aliphatic hydroxyl groups excluding tert-OH is 5. The molecule has 23 heteroatoms. The van der Waals surface area contributed by atoms with E-state index in [0.717, 1.165) is 25.8 Å². The lowest BCUT2D eigenvalue weighted by atomic mass is 9.86. The Morgan fingerprint density at radius 2 is 1.93 bits per heavy atom. The summed E-state index contributed by atoms with van der Waals surface area (Å²) in [4.78, 5) is 28.4. The highest BCUT2D eigenvalue weighted by Gasteiger charge is 2.66. The first-order valence-electron chi connectivity index (χ1n) is 12.3. The van der Waals surface area contributed by atoms with Crippen molar-refractivity contribution in [1.29, 1.82) is 0 Å². The van der Waals surface area contributed by atoms with Crippen molar-refractivity contribution < 1.29 is 80.7 Å². The number of nitrogen functional groups attached to an aromatic ring is 1. The molecule has 4 heterocycles. The van der Waals surface area contributed by atoms with E-state index >= 15 is 4.39 Å². The van der Waals surface area contributed by atoms with Gasteiger partial charge in [0.05, 0.1) is 12.9 Å². The van der Waals surface area contributed by atoms with E-state index in [9.17, 15) is 39.2 Å². The van der Waals surface area contributed by atoms with E-state index in [-0.39, 0.29) is 22.5 Å². The van der Waals surface area contributed by atoms with E-state index in [4.69, 9.17) is 34.0 Å². The van der Waals surface area contributed by atoms with Crippen LogP contribution in [0.2, 0.25) is 0 Å². The maximum Gasteiger partial charge on any atom is 0.481 e. The van der Waals surface area contributed by atoms with Gasteiger partial charge in [0.15, 0.2) is 30.0 Å². The lowest BCUT2D eigenvalue weighted by Gasteiger charge is -2.41. The van der Waals surface area contributed by atoms with Crippen molar-refractivity contribution in [3.8, 4) is 0 Å².